The summed E-state index contributed by atoms with van der Waals surface area (Å²) in [5.74, 6) is -0.504. The number of carbonyl (C=O) groups is 2. The van der Waals surface area contributed by atoms with E-state index in [4.69, 9.17) is 10.5 Å². The third kappa shape index (κ3) is 4.03. The van der Waals surface area contributed by atoms with Gasteiger partial charge < -0.3 is 20.5 Å². The van der Waals surface area contributed by atoms with Crippen molar-refractivity contribution in [3.8, 4) is 0 Å². The lowest BCUT2D eigenvalue weighted by Gasteiger charge is -2.14. The minimum atomic E-state index is -0.441. The van der Waals surface area contributed by atoms with Crippen molar-refractivity contribution in [3.63, 3.8) is 0 Å². The van der Waals surface area contributed by atoms with Crippen molar-refractivity contribution < 1.29 is 19.1 Å². The average Bonchev–Trinajstić information content (AvgIpc) is 2.68. The number of methoxy groups -OCH3 is 1. The molecule has 0 aliphatic carbocycles. The molecule has 6 nitrogen and oxygen atoms in total. The fourth-order valence-electron chi connectivity index (χ4n) is 2.25. The lowest BCUT2D eigenvalue weighted by atomic mass is 9.98. The van der Waals surface area contributed by atoms with Gasteiger partial charge in [-0.3, -0.25) is 4.79 Å². The molecule has 1 heterocycles. The predicted octanol–water partition coefficient (Wildman–Crippen LogP) is 0.552. The van der Waals surface area contributed by atoms with E-state index in [1.54, 1.807) is 0 Å². The molecular formula is C15H20N2O4. The molecule has 1 aromatic carbocycles. The number of amides is 1. The highest BCUT2D eigenvalue weighted by atomic mass is 16.6. The van der Waals surface area contributed by atoms with E-state index in [0.29, 0.717) is 12.1 Å². The summed E-state index contributed by atoms with van der Waals surface area (Å²) in [6.07, 6.45) is 1.81. The van der Waals surface area contributed by atoms with Gasteiger partial charge in [0.05, 0.1) is 19.8 Å². The number of hydrogen-bond acceptors (Lipinski definition) is 5. The molecule has 0 bridgehead atoms. The molecule has 0 saturated carbocycles. The lowest BCUT2D eigenvalue weighted by molar-refractivity contribution is -0.146. The van der Waals surface area contributed by atoms with E-state index in [2.05, 4.69) is 10.1 Å². The van der Waals surface area contributed by atoms with E-state index in [0.717, 1.165) is 24.0 Å². The lowest BCUT2D eigenvalue weighted by Crippen LogP contribution is -2.24. The van der Waals surface area contributed by atoms with Crippen molar-refractivity contribution >= 4 is 11.9 Å². The molecule has 1 aliphatic heterocycles. The number of nitrogens with two attached hydrogens (primary N) is 1. The van der Waals surface area contributed by atoms with Crippen LogP contribution in [0.15, 0.2) is 18.2 Å². The Kier molecular flexibility index (Phi) is 5.30. The molecule has 114 valence electrons. The summed E-state index contributed by atoms with van der Waals surface area (Å²) < 4.78 is 9.68. The molecule has 1 atom stereocenters. The van der Waals surface area contributed by atoms with Gasteiger partial charge in [0.1, 0.15) is 6.61 Å². The molecule has 3 N–H and O–H groups in total. The third-order valence-electron chi connectivity index (χ3n) is 3.46. The summed E-state index contributed by atoms with van der Waals surface area (Å²) in [6, 6.07) is 5.26. The smallest absolute Gasteiger partial charge is 0.331 e. The van der Waals surface area contributed by atoms with Crippen LogP contribution in [0, 0.1) is 0 Å². The third-order valence-corrected chi connectivity index (χ3v) is 3.46. The first kappa shape index (κ1) is 15.5. The van der Waals surface area contributed by atoms with Gasteiger partial charge in [0.25, 0.3) is 5.91 Å². The fraction of sp³-hybridized carbons (Fsp3) is 0.467. The first-order valence-corrected chi connectivity index (χ1v) is 6.93. The number of benzene rings is 1. The number of rotatable bonds is 5. The molecule has 6 heteroatoms. The second-order valence-electron chi connectivity index (χ2n) is 4.97. The Balaban J connectivity index is 2.03. The molecule has 1 amide bonds. The van der Waals surface area contributed by atoms with Gasteiger partial charge in [-0.2, -0.15) is 0 Å². The zero-order valence-corrected chi connectivity index (χ0v) is 12.1. The maximum absolute atomic E-state index is 12.0. The Morgan fingerprint density at radius 2 is 2.29 bits per heavy atom. The Hall–Kier alpha value is -1.92. The summed E-state index contributed by atoms with van der Waals surface area (Å²) >= 11 is 0. The van der Waals surface area contributed by atoms with Gasteiger partial charge in [-0.1, -0.05) is 12.1 Å². The maximum Gasteiger partial charge on any atom is 0.331 e. The van der Waals surface area contributed by atoms with E-state index in [1.807, 2.05) is 18.2 Å². The molecule has 0 fully saturated rings. The molecule has 21 heavy (non-hydrogen) atoms. The van der Waals surface area contributed by atoms with Crippen LogP contribution in [0.2, 0.25) is 0 Å². The van der Waals surface area contributed by atoms with Crippen molar-refractivity contribution in [2.75, 3.05) is 26.9 Å². The molecule has 0 aromatic heterocycles. The second kappa shape index (κ2) is 7.19. The van der Waals surface area contributed by atoms with Crippen LogP contribution < -0.4 is 11.1 Å². The first-order valence-electron chi connectivity index (χ1n) is 6.93. The van der Waals surface area contributed by atoms with Crippen LogP contribution in [0.4, 0.5) is 0 Å². The normalized spacial score (nSPS) is 15.6. The topological polar surface area (TPSA) is 90.7 Å². The molecule has 1 aromatic rings. The average molecular weight is 292 g/mol. The molecule has 0 radical (unpaired) electrons. The van der Waals surface area contributed by atoms with E-state index in [1.165, 1.54) is 7.11 Å². The van der Waals surface area contributed by atoms with Crippen LogP contribution in [0.5, 0.6) is 0 Å². The summed E-state index contributed by atoms with van der Waals surface area (Å²) in [5, 5.41) is 2.86. The largest absolute Gasteiger partial charge is 0.467 e. The highest BCUT2D eigenvalue weighted by Crippen LogP contribution is 2.20. The SMILES string of the molecule is COC(=O)COCC(N)c1ccc2c(c1)C(=O)NCCC2. The Bertz CT molecular complexity index is 530. The quantitative estimate of drug-likeness (QED) is 0.774. The van der Waals surface area contributed by atoms with Crippen LogP contribution in [0.3, 0.4) is 0 Å². The Morgan fingerprint density at radius 1 is 1.48 bits per heavy atom. The summed E-state index contributed by atoms with van der Waals surface area (Å²) in [7, 11) is 1.30. The van der Waals surface area contributed by atoms with Gasteiger partial charge >= 0.3 is 5.97 Å². The molecular weight excluding hydrogens is 272 g/mol. The Labute approximate surface area is 123 Å². The second-order valence-corrected chi connectivity index (χ2v) is 4.97. The summed E-state index contributed by atoms with van der Waals surface area (Å²) in [5.41, 5.74) is 8.56. The van der Waals surface area contributed by atoms with Crippen molar-refractivity contribution in [2.24, 2.45) is 5.73 Å². The van der Waals surface area contributed by atoms with Gasteiger partial charge in [0.15, 0.2) is 0 Å². The van der Waals surface area contributed by atoms with Crippen molar-refractivity contribution in [3.05, 3.63) is 34.9 Å². The van der Waals surface area contributed by atoms with E-state index in [-0.39, 0.29) is 19.1 Å². The van der Waals surface area contributed by atoms with Crippen LogP contribution >= 0.6 is 0 Å². The minimum Gasteiger partial charge on any atom is -0.467 e. The number of hydrogen-bond donors (Lipinski definition) is 2. The van der Waals surface area contributed by atoms with Crippen LogP contribution in [0.25, 0.3) is 0 Å². The number of aryl methyl sites for hydroxylation is 1. The number of fused-ring (bicyclic) bond motifs is 1. The van der Waals surface area contributed by atoms with E-state index >= 15 is 0 Å². The predicted molar refractivity (Wildman–Crippen MR) is 76.9 cm³/mol. The molecule has 1 aliphatic rings. The zero-order valence-electron chi connectivity index (χ0n) is 12.1. The Morgan fingerprint density at radius 3 is 3.05 bits per heavy atom. The first-order chi connectivity index (χ1) is 10.1. The monoisotopic (exact) mass is 292 g/mol. The van der Waals surface area contributed by atoms with E-state index in [9.17, 15) is 9.59 Å². The zero-order chi connectivity index (χ0) is 15.2. The van der Waals surface area contributed by atoms with Gasteiger partial charge in [0, 0.05) is 12.1 Å². The molecule has 0 spiro atoms. The number of nitrogens with one attached hydrogen (secondary N) is 1. The van der Waals surface area contributed by atoms with Crippen LogP contribution in [0.1, 0.15) is 33.9 Å². The van der Waals surface area contributed by atoms with Gasteiger partial charge in [-0.25, -0.2) is 4.79 Å². The summed E-state index contributed by atoms with van der Waals surface area (Å²) in [6.45, 7) is 0.752. The highest BCUT2D eigenvalue weighted by molar-refractivity contribution is 5.96. The number of carbonyl (C=O) groups excluding carboxylic acids is 2. The number of ether oxygens (including phenoxy) is 2. The molecule has 0 saturated heterocycles. The molecule has 2 rings (SSSR count). The number of esters is 1. The van der Waals surface area contributed by atoms with Gasteiger partial charge in [0.2, 0.25) is 0 Å². The van der Waals surface area contributed by atoms with Gasteiger partial charge in [-0.15, -0.1) is 0 Å². The van der Waals surface area contributed by atoms with Crippen molar-refractivity contribution in [1.29, 1.82) is 0 Å². The summed E-state index contributed by atoms with van der Waals surface area (Å²) in [4.78, 5) is 22.9. The molecule has 1 unspecified atom stereocenters. The fourth-order valence-corrected chi connectivity index (χ4v) is 2.25. The van der Waals surface area contributed by atoms with Crippen LogP contribution in [-0.2, 0) is 20.7 Å². The highest BCUT2D eigenvalue weighted by Gasteiger charge is 2.17. The standard InChI is InChI=1S/C15H20N2O4/c1-20-14(18)9-21-8-13(16)11-5-4-10-3-2-6-17-15(19)12(10)7-11/h4-5,7,13H,2-3,6,8-9,16H2,1H3,(H,17,19). The van der Waals surface area contributed by atoms with Crippen LogP contribution in [-0.4, -0.2) is 38.7 Å². The van der Waals surface area contributed by atoms with Crippen molar-refractivity contribution in [2.45, 2.75) is 18.9 Å². The van der Waals surface area contributed by atoms with Gasteiger partial charge in [-0.05, 0) is 30.0 Å². The maximum atomic E-state index is 12.0. The van der Waals surface area contributed by atoms with Crippen molar-refractivity contribution in [1.82, 2.24) is 5.32 Å². The minimum absolute atomic E-state index is 0.0629. The van der Waals surface area contributed by atoms with E-state index < -0.39 is 12.0 Å².